The van der Waals surface area contributed by atoms with Crippen molar-refractivity contribution >= 4 is 0 Å². The highest BCUT2D eigenvalue weighted by Gasteiger charge is 2.04. The van der Waals surface area contributed by atoms with Crippen LogP contribution in [0.25, 0.3) is 0 Å². The fourth-order valence-corrected chi connectivity index (χ4v) is 2.33. The van der Waals surface area contributed by atoms with Crippen LogP contribution in [0.5, 0.6) is 0 Å². The third-order valence-electron chi connectivity index (χ3n) is 3.58. The van der Waals surface area contributed by atoms with Crippen LogP contribution in [0.4, 0.5) is 0 Å². The van der Waals surface area contributed by atoms with Gasteiger partial charge in [-0.3, -0.25) is 0 Å². The standard InChI is InChI=1S/C18H29/c1-4-7-10-16-13-14-17(11-8-5-2)18(15-16)12-9-6-3/h13,15H,4-12H2,1-3H3. The summed E-state index contributed by atoms with van der Waals surface area (Å²) in [5, 5.41) is 0. The second-order valence-corrected chi connectivity index (χ2v) is 5.32. The normalized spacial score (nSPS) is 10.8. The zero-order valence-corrected chi connectivity index (χ0v) is 12.5. The van der Waals surface area contributed by atoms with Gasteiger partial charge in [0, 0.05) is 0 Å². The molecule has 0 atom stereocenters. The van der Waals surface area contributed by atoms with Crippen molar-refractivity contribution in [2.75, 3.05) is 0 Å². The van der Waals surface area contributed by atoms with Gasteiger partial charge in [-0.25, -0.2) is 0 Å². The van der Waals surface area contributed by atoms with E-state index in [0.717, 1.165) is 0 Å². The van der Waals surface area contributed by atoms with Gasteiger partial charge in [0.1, 0.15) is 0 Å². The lowest BCUT2D eigenvalue weighted by Crippen LogP contribution is -1.98. The molecule has 0 heterocycles. The van der Waals surface area contributed by atoms with Crippen LogP contribution in [0, 0.1) is 6.07 Å². The van der Waals surface area contributed by atoms with Crippen molar-refractivity contribution in [3.05, 3.63) is 34.9 Å². The molecule has 1 aromatic rings. The van der Waals surface area contributed by atoms with E-state index in [9.17, 15) is 0 Å². The average molecular weight is 245 g/mol. The first-order valence-electron chi connectivity index (χ1n) is 7.84. The zero-order chi connectivity index (χ0) is 13.2. The molecule has 1 rings (SSSR count). The highest BCUT2D eigenvalue weighted by molar-refractivity contribution is 5.31. The molecule has 0 aliphatic carbocycles. The van der Waals surface area contributed by atoms with E-state index in [2.05, 4.69) is 39.0 Å². The van der Waals surface area contributed by atoms with E-state index in [0.29, 0.717) is 0 Å². The summed E-state index contributed by atoms with van der Waals surface area (Å²) in [4.78, 5) is 0. The molecule has 0 heteroatoms. The molecule has 1 radical (unpaired) electrons. The van der Waals surface area contributed by atoms with E-state index < -0.39 is 0 Å². The largest absolute Gasteiger partial charge is 0.0654 e. The highest BCUT2D eigenvalue weighted by Crippen LogP contribution is 2.18. The third-order valence-corrected chi connectivity index (χ3v) is 3.58. The first-order chi connectivity index (χ1) is 8.81. The molecule has 1 aromatic carbocycles. The van der Waals surface area contributed by atoms with Gasteiger partial charge in [0.05, 0.1) is 0 Å². The number of unbranched alkanes of at least 4 members (excludes halogenated alkanes) is 3. The molecule has 0 fully saturated rings. The maximum absolute atomic E-state index is 3.56. The fraction of sp³-hybridized carbons (Fsp3) is 0.667. The van der Waals surface area contributed by atoms with Crippen LogP contribution in [0.15, 0.2) is 12.1 Å². The van der Waals surface area contributed by atoms with Crippen molar-refractivity contribution in [1.29, 1.82) is 0 Å². The van der Waals surface area contributed by atoms with Crippen molar-refractivity contribution in [3.63, 3.8) is 0 Å². The van der Waals surface area contributed by atoms with Crippen molar-refractivity contribution in [1.82, 2.24) is 0 Å². The van der Waals surface area contributed by atoms with Gasteiger partial charge in [0.15, 0.2) is 0 Å². The van der Waals surface area contributed by atoms with E-state index >= 15 is 0 Å². The van der Waals surface area contributed by atoms with Crippen molar-refractivity contribution < 1.29 is 0 Å². The predicted octanol–water partition coefficient (Wildman–Crippen LogP) is 5.51. The van der Waals surface area contributed by atoms with E-state index in [1.807, 2.05) is 0 Å². The van der Waals surface area contributed by atoms with Crippen LogP contribution in [-0.2, 0) is 19.3 Å². The number of benzene rings is 1. The van der Waals surface area contributed by atoms with Crippen LogP contribution >= 0.6 is 0 Å². The van der Waals surface area contributed by atoms with Gasteiger partial charge in [-0.15, -0.1) is 0 Å². The van der Waals surface area contributed by atoms with Crippen molar-refractivity contribution in [2.45, 2.75) is 78.6 Å². The Labute approximate surface area is 114 Å². The summed E-state index contributed by atoms with van der Waals surface area (Å²) in [5.74, 6) is 0. The average Bonchev–Trinajstić information content (AvgIpc) is 2.41. The van der Waals surface area contributed by atoms with E-state index in [1.54, 1.807) is 5.56 Å². The van der Waals surface area contributed by atoms with Crippen molar-refractivity contribution in [3.8, 4) is 0 Å². The number of hydrogen-bond acceptors (Lipinski definition) is 0. The molecule has 0 unspecified atom stereocenters. The lowest BCUT2D eigenvalue weighted by molar-refractivity contribution is 0.751. The summed E-state index contributed by atoms with van der Waals surface area (Å²) >= 11 is 0. The molecule has 0 amide bonds. The first-order valence-corrected chi connectivity index (χ1v) is 7.84. The summed E-state index contributed by atoms with van der Waals surface area (Å²) in [6.45, 7) is 6.80. The highest BCUT2D eigenvalue weighted by atomic mass is 14.1. The van der Waals surface area contributed by atoms with Crippen LogP contribution in [0.2, 0.25) is 0 Å². The maximum atomic E-state index is 3.56. The molecular weight excluding hydrogens is 216 g/mol. The minimum atomic E-state index is 1.21. The molecule has 0 saturated heterocycles. The van der Waals surface area contributed by atoms with E-state index in [-0.39, 0.29) is 0 Å². The Bertz CT molecular complexity index is 325. The van der Waals surface area contributed by atoms with Crippen LogP contribution < -0.4 is 0 Å². The first kappa shape index (κ1) is 15.3. The van der Waals surface area contributed by atoms with Gasteiger partial charge in [-0.2, -0.15) is 0 Å². The Morgan fingerprint density at radius 3 is 2.11 bits per heavy atom. The Balaban J connectivity index is 2.74. The molecule has 0 spiro atoms. The van der Waals surface area contributed by atoms with Gasteiger partial charge in [-0.05, 0) is 61.3 Å². The summed E-state index contributed by atoms with van der Waals surface area (Å²) in [5.41, 5.74) is 4.53. The fourth-order valence-electron chi connectivity index (χ4n) is 2.33. The summed E-state index contributed by atoms with van der Waals surface area (Å²) in [6, 6.07) is 8.24. The van der Waals surface area contributed by atoms with Crippen LogP contribution in [0.3, 0.4) is 0 Å². The second-order valence-electron chi connectivity index (χ2n) is 5.32. The van der Waals surface area contributed by atoms with Crippen molar-refractivity contribution in [2.24, 2.45) is 0 Å². The number of aryl methyl sites for hydroxylation is 3. The van der Waals surface area contributed by atoms with Gasteiger partial charge in [-0.1, -0.05) is 52.2 Å². The number of rotatable bonds is 9. The number of hydrogen-bond donors (Lipinski definition) is 0. The minimum Gasteiger partial charge on any atom is -0.0654 e. The molecule has 0 bridgehead atoms. The lowest BCUT2D eigenvalue weighted by Gasteiger charge is -2.11. The topological polar surface area (TPSA) is 0 Å². The lowest BCUT2D eigenvalue weighted by atomic mass is 9.94. The summed E-state index contributed by atoms with van der Waals surface area (Å²) < 4.78 is 0. The van der Waals surface area contributed by atoms with Gasteiger partial charge in [0.25, 0.3) is 0 Å². The molecule has 0 nitrogen and oxygen atoms in total. The quantitative estimate of drug-likeness (QED) is 0.538. The van der Waals surface area contributed by atoms with E-state index in [4.69, 9.17) is 0 Å². The molecule has 101 valence electrons. The summed E-state index contributed by atoms with van der Waals surface area (Å²) in [7, 11) is 0. The summed E-state index contributed by atoms with van der Waals surface area (Å²) in [6.07, 6.45) is 11.4. The SMILES string of the molecule is CCCCc1c[c]c(CCCC)c(CCCC)c1. The molecular formula is C18H29. The van der Waals surface area contributed by atoms with Gasteiger partial charge in [0.2, 0.25) is 0 Å². The molecule has 0 aromatic heterocycles. The Morgan fingerprint density at radius 2 is 1.44 bits per heavy atom. The zero-order valence-electron chi connectivity index (χ0n) is 12.5. The molecule has 0 aliphatic rings. The van der Waals surface area contributed by atoms with Crippen LogP contribution in [0.1, 0.15) is 76.0 Å². The maximum Gasteiger partial charge on any atom is -0.0143 e. The Hall–Kier alpha value is -0.780. The van der Waals surface area contributed by atoms with Gasteiger partial charge < -0.3 is 0 Å². The molecule has 0 N–H and O–H groups in total. The second kappa shape index (κ2) is 9.19. The third kappa shape index (κ3) is 5.25. The molecule has 0 saturated carbocycles. The van der Waals surface area contributed by atoms with Gasteiger partial charge >= 0.3 is 0 Å². The van der Waals surface area contributed by atoms with Crippen LogP contribution in [-0.4, -0.2) is 0 Å². The minimum absolute atomic E-state index is 1.21. The Morgan fingerprint density at radius 1 is 0.833 bits per heavy atom. The Kier molecular flexibility index (Phi) is 7.80. The predicted molar refractivity (Wildman–Crippen MR) is 81.1 cm³/mol. The van der Waals surface area contributed by atoms with E-state index in [1.165, 1.54) is 68.9 Å². The monoisotopic (exact) mass is 245 g/mol. The molecule has 0 aliphatic heterocycles. The molecule has 18 heavy (non-hydrogen) atoms. The smallest absolute Gasteiger partial charge is 0.0143 e.